The molecule has 34 heavy (non-hydrogen) atoms. The van der Waals surface area contributed by atoms with Gasteiger partial charge in [-0.1, -0.05) is 39.0 Å². The van der Waals surface area contributed by atoms with Gasteiger partial charge in [-0.25, -0.2) is 0 Å². The smallest absolute Gasteiger partial charge is 0.274 e. The van der Waals surface area contributed by atoms with Crippen LogP contribution in [-0.2, 0) is 29.6 Å². The normalized spacial score (nSPS) is 18.4. The van der Waals surface area contributed by atoms with E-state index in [1.807, 2.05) is 63.9 Å². The fraction of sp³-hybridized carbons (Fsp3) is 0.538. The Morgan fingerprint density at radius 2 is 1.82 bits per heavy atom. The van der Waals surface area contributed by atoms with Gasteiger partial charge >= 0.3 is 0 Å². The monoisotopic (exact) mass is 465 g/mol. The molecule has 1 unspecified atom stereocenters. The van der Waals surface area contributed by atoms with Crippen LogP contribution in [0.3, 0.4) is 0 Å². The predicted octanol–water partition coefficient (Wildman–Crippen LogP) is 3.15. The molecule has 4 rings (SSSR count). The fourth-order valence-corrected chi connectivity index (χ4v) is 4.89. The van der Waals surface area contributed by atoms with Crippen molar-refractivity contribution in [2.24, 2.45) is 18.4 Å². The zero-order valence-electron chi connectivity index (χ0n) is 20.9. The number of nitrogens with zero attached hydrogens (tertiary/aromatic N) is 4. The van der Waals surface area contributed by atoms with Gasteiger partial charge in [0.25, 0.3) is 5.91 Å². The van der Waals surface area contributed by atoms with E-state index in [-0.39, 0.29) is 23.6 Å². The van der Waals surface area contributed by atoms with Gasteiger partial charge in [-0.15, -0.1) is 0 Å². The standard InChI is InChI=1S/C26H35N5O3/c1-17-9-6-7-11-20(17)27-23(32)18-10-8-13-30(15-18)24(33)22-19-16-31(25(34)26(2,3)4)14-12-21(19)29(5)28-22/h6-7,9,11,18H,8,10,12-16H2,1-5H3,(H,27,32). The molecule has 0 spiro atoms. The van der Waals surface area contributed by atoms with Gasteiger partial charge in [0, 0.05) is 62.0 Å². The summed E-state index contributed by atoms with van der Waals surface area (Å²) in [7, 11) is 1.85. The van der Waals surface area contributed by atoms with Gasteiger partial charge in [0.1, 0.15) is 0 Å². The zero-order valence-corrected chi connectivity index (χ0v) is 20.9. The topological polar surface area (TPSA) is 87.5 Å². The van der Waals surface area contributed by atoms with Gasteiger partial charge in [0.15, 0.2) is 5.69 Å². The molecule has 1 N–H and O–H groups in total. The average Bonchev–Trinajstić information content (AvgIpc) is 3.14. The number of amides is 3. The molecule has 1 aromatic heterocycles. The number of nitrogens with one attached hydrogen (secondary N) is 1. The molecule has 1 saturated heterocycles. The molecule has 0 saturated carbocycles. The van der Waals surface area contributed by atoms with E-state index in [2.05, 4.69) is 10.4 Å². The number of carbonyl (C=O) groups is 3. The van der Waals surface area contributed by atoms with Crippen molar-refractivity contribution in [2.75, 3.05) is 25.0 Å². The molecular weight excluding hydrogens is 430 g/mol. The van der Waals surface area contributed by atoms with Crippen LogP contribution in [0.2, 0.25) is 0 Å². The van der Waals surface area contributed by atoms with Gasteiger partial charge < -0.3 is 15.1 Å². The highest BCUT2D eigenvalue weighted by molar-refractivity contribution is 5.96. The number of para-hydroxylation sites is 1. The van der Waals surface area contributed by atoms with Crippen molar-refractivity contribution in [3.8, 4) is 0 Å². The lowest BCUT2D eigenvalue weighted by Gasteiger charge is -2.34. The van der Waals surface area contributed by atoms with Crippen molar-refractivity contribution in [1.82, 2.24) is 19.6 Å². The highest BCUT2D eigenvalue weighted by Crippen LogP contribution is 2.28. The minimum absolute atomic E-state index is 0.0585. The largest absolute Gasteiger partial charge is 0.337 e. The van der Waals surface area contributed by atoms with E-state index in [4.69, 9.17) is 0 Å². The average molecular weight is 466 g/mol. The lowest BCUT2D eigenvalue weighted by atomic mass is 9.92. The maximum Gasteiger partial charge on any atom is 0.274 e. The Morgan fingerprint density at radius 1 is 1.09 bits per heavy atom. The second-order valence-electron chi connectivity index (χ2n) is 10.5. The number of likely N-dealkylation sites (tertiary alicyclic amines) is 1. The molecule has 2 aliphatic rings. The number of rotatable bonds is 3. The first-order valence-electron chi connectivity index (χ1n) is 12.1. The summed E-state index contributed by atoms with van der Waals surface area (Å²) in [4.78, 5) is 43.0. The van der Waals surface area contributed by atoms with Crippen LogP contribution in [0.25, 0.3) is 0 Å². The number of fused-ring (bicyclic) bond motifs is 1. The Kier molecular flexibility index (Phi) is 6.51. The van der Waals surface area contributed by atoms with Crippen LogP contribution in [0.1, 0.15) is 60.9 Å². The lowest BCUT2D eigenvalue weighted by Crippen LogP contribution is -2.45. The number of aromatic nitrogens is 2. The summed E-state index contributed by atoms with van der Waals surface area (Å²) in [5.74, 6) is -0.408. The zero-order chi connectivity index (χ0) is 24.6. The Hall–Kier alpha value is -3.16. The number of piperidine rings is 1. The highest BCUT2D eigenvalue weighted by Gasteiger charge is 2.36. The van der Waals surface area contributed by atoms with E-state index in [1.54, 1.807) is 9.58 Å². The highest BCUT2D eigenvalue weighted by atomic mass is 16.2. The molecule has 0 radical (unpaired) electrons. The van der Waals surface area contributed by atoms with E-state index in [1.165, 1.54) is 0 Å². The number of benzene rings is 1. The molecule has 1 atom stereocenters. The summed E-state index contributed by atoms with van der Waals surface area (Å²) in [6, 6.07) is 7.70. The number of carbonyl (C=O) groups excluding carboxylic acids is 3. The Labute approximate surface area is 201 Å². The van der Waals surface area contributed by atoms with Crippen molar-refractivity contribution in [3.63, 3.8) is 0 Å². The van der Waals surface area contributed by atoms with Gasteiger partial charge in [-0.05, 0) is 31.4 Å². The minimum Gasteiger partial charge on any atom is -0.337 e. The molecule has 1 fully saturated rings. The SMILES string of the molecule is Cc1ccccc1NC(=O)C1CCCN(C(=O)c2nn(C)c3c2CN(C(=O)C(C)(C)C)CC3)C1. The summed E-state index contributed by atoms with van der Waals surface area (Å²) in [5.41, 5.74) is 3.58. The van der Waals surface area contributed by atoms with E-state index >= 15 is 0 Å². The maximum atomic E-state index is 13.6. The van der Waals surface area contributed by atoms with Crippen LogP contribution in [0, 0.1) is 18.3 Å². The quantitative estimate of drug-likeness (QED) is 0.754. The van der Waals surface area contributed by atoms with Crippen LogP contribution in [-0.4, -0.2) is 56.9 Å². The molecule has 2 aliphatic heterocycles. The maximum absolute atomic E-state index is 13.6. The lowest BCUT2D eigenvalue weighted by molar-refractivity contribution is -0.140. The molecule has 8 nitrogen and oxygen atoms in total. The predicted molar refractivity (Wildman–Crippen MR) is 130 cm³/mol. The third-order valence-electron chi connectivity index (χ3n) is 6.86. The summed E-state index contributed by atoms with van der Waals surface area (Å²) in [6.07, 6.45) is 2.19. The number of hydrogen-bond donors (Lipinski definition) is 1. The molecule has 182 valence electrons. The molecule has 3 heterocycles. The molecule has 0 bridgehead atoms. The van der Waals surface area contributed by atoms with Crippen molar-refractivity contribution >= 4 is 23.4 Å². The van der Waals surface area contributed by atoms with Gasteiger partial charge in [0.05, 0.1) is 5.92 Å². The van der Waals surface area contributed by atoms with Gasteiger partial charge in [0.2, 0.25) is 11.8 Å². The second kappa shape index (κ2) is 9.24. The van der Waals surface area contributed by atoms with Crippen LogP contribution in [0.4, 0.5) is 5.69 Å². The van der Waals surface area contributed by atoms with E-state index in [9.17, 15) is 14.4 Å². The van der Waals surface area contributed by atoms with Crippen LogP contribution >= 0.6 is 0 Å². The van der Waals surface area contributed by atoms with Crippen molar-refractivity contribution in [3.05, 3.63) is 46.8 Å². The van der Waals surface area contributed by atoms with Crippen molar-refractivity contribution in [1.29, 1.82) is 0 Å². The first kappa shape index (κ1) is 24.0. The minimum atomic E-state index is -0.478. The number of aryl methyl sites for hydroxylation is 2. The van der Waals surface area contributed by atoms with Crippen molar-refractivity contribution < 1.29 is 14.4 Å². The molecule has 1 aromatic carbocycles. The van der Waals surface area contributed by atoms with Gasteiger partial charge in [-0.2, -0.15) is 5.10 Å². The molecule has 3 amide bonds. The Balaban J connectivity index is 1.50. The molecule has 0 aliphatic carbocycles. The van der Waals surface area contributed by atoms with E-state index in [0.29, 0.717) is 38.3 Å². The first-order chi connectivity index (χ1) is 16.1. The van der Waals surface area contributed by atoms with Crippen LogP contribution in [0.15, 0.2) is 24.3 Å². The number of hydrogen-bond acceptors (Lipinski definition) is 4. The van der Waals surface area contributed by atoms with E-state index in [0.717, 1.165) is 35.3 Å². The summed E-state index contributed by atoms with van der Waals surface area (Å²) in [5, 5.41) is 7.58. The number of anilines is 1. The fourth-order valence-electron chi connectivity index (χ4n) is 4.89. The van der Waals surface area contributed by atoms with E-state index < -0.39 is 5.41 Å². The van der Waals surface area contributed by atoms with Gasteiger partial charge in [-0.3, -0.25) is 19.1 Å². The van der Waals surface area contributed by atoms with Crippen LogP contribution < -0.4 is 5.32 Å². The van der Waals surface area contributed by atoms with Crippen LogP contribution in [0.5, 0.6) is 0 Å². The Morgan fingerprint density at radius 3 is 2.53 bits per heavy atom. The first-order valence-corrected chi connectivity index (χ1v) is 12.1. The summed E-state index contributed by atoms with van der Waals surface area (Å²) < 4.78 is 1.77. The third kappa shape index (κ3) is 4.72. The molecule has 8 heteroatoms. The third-order valence-corrected chi connectivity index (χ3v) is 6.86. The Bertz CT molecular complexity index is 1110. The summed E-state index contributed by atoms with van der Waals surface area (Å²) in [6.45, 7) is 9.69. The van der Waals surface area contributed by atoms with Crippen molar-refractivity contribution in [2.45, 2.75) is 53.5 Å². The molecular formula is C26H35N5O3. The summed E-state index contributed by atoms with van der Waals surface area (Å²) >= 11 is 0. The second-order valence-corrected chi connectivity index (χ2v) is 10.5. The molecule has 2 aromatic rings.